The van der Waals surface area contributed by atoms with Gasteiger partial charge in [0.1, 0.15) is 6.33 Å². The van der Waals surface area contributed by atoms with Gasteiger partial charge in [0.05, 0.1) is 38.1 Å². The highest BCUT2D eigenvalue weighted by molar-refractivity contribution is 5.92. The lowest BCUT2D eigenvalue weighted by atomic mass is 9.81. The second kappa shape index (κ2) is 10.3. The molecule has 2 fully saturated rings. The zero-order chi connectivity index (χ0) is 27.1. The van der Waals surface area contributed by atoms with E-state index in [1.54, 1.807) is 18.0 Å². The van der Waals surface area contributed by atoms with Crippen LogP contribution in [0.1, 0.15) is 69.4 Å². The molecule has 0 unspecified atom stereocenters. The van der Waals surface area contributed by atoms with Crippen molar-refractivity contribution in [1.82, 2.24) is 30.2 Å². The lowest BCUT2D eigenvalue weighted by molar-refractivity contribution is -0.123. The van der Waals surface area contributed by atoms with E-state index < -0.39 is 0 Å². The summed E-state index contributed by atoms with van der Waals surface area (Å²) in [6, 6.07) is 9.15. The highest BCUT2D eigenvalue weighted by atomic mass is 16.5. The van der Waals surface area contributed by atoms with E-state index in [9.17, 15) is 4.79 Å². The molecule has 39 heavy (non-hydrogen) atoms. The third-order valence-electron chi connectivity index (χ3n) is 8.37. The van der Waals surface area contributed by atoms with Crippen LogP contribution in [0.2, 0.25) is 0 Å². The molecule has 1 aromatic carbocycles. The van der Waals surface area contributed by atoms with Gasteiger partial charge in [0, 0.05) is 28.7 Å². The van der Waals surface area contributed by atoms with Gasteiger partial charge >= 0.3 is 0 Å². The molecule has 4 aromatic rings. The minimum Gasteiger partial charge on any atom is -0.493 e. The molecule has 1 amide bonds. The molecule has 206 valence electrons. The Labute approximate surface area is 228 Å². The van der Waals surface area contributed by atoms with E-state index in [1.165, 1.54) is 16.5 Å². The summed E-state index contributed by atoms with van der Waals surface area (Å²) < 4.78 is 12.6. The summed E-state index contributed by atoms with van der Waals surface area (Å²) in [5.74, 6) is 1.60. The molecule has 1 saturated heterocycles. The molecule has 3 aromatic heterocycles. The Balaban J connectivity index is 1.19. The number of nitrogens with zero attached hydrogens (tertiary/aromatic N) is 3. The van der Waals surface area contributed by atoms with E-state index in [2.05, 4.69) is 64.7 Å². The molecule has 0 bridgehead atoms. The summed E-state index contributed by atoms with van der Waals surface area (Å²) in [4.78, 5) is 20.5. The van der Waals surface area contributed by atoms with Gasteiger partial charge in [-0.1, -0.05) is 19.9 Å². The Kier molecular flexibility index (Phi) is 6.81. The van der Waals surface area contributed by atoms with Gasteiger partial charge in [-0.15, -0.1) is 0 Å². The van der Waals surface area contributed by atoms with E-state index in [1.807, 2.05) is 12.3 Å². The fraction of sp³-hybridized carbons (Fsp3) is 0.500. The van der Waals surface area contributed by atoms with Gasteiger partial charge < -0.3 is 19.8 Å². The van der Waals surface area contributed by atoms with Crippen LogP contribution in [0.5, 0.6) is 5.75 Å². The molecule has 1 aliphatic heterocycles. The predicted molar refractivity (Wildman–Crippen MR) is 151 cm³/mol. The first kappa shape index (κ1) is 25.8. The van der Waals surface area contributed by atoms with E-state index in [4.69, 9.17) is 9.47 Å². The first-order chi connectivity index (χ1) is 18.8. The third-order valence-corrected chi connectivity index (χ3v) is 8.37. The molecule has 0 radical (unpaired) electrons. The highest BCUT2D eigenvalue weighted by Crippen LogP contribution is 2.40. The highest BCUT2D eigenvalue weighted by Gasteiger charge is 2.33. The number of hydrogen-bond acceptors (Lipinski definition) is 6. The van der Waals surface area contributed by atoms with Crippen LogP contribution in [-0.4, -0.2) is 63.9 Å². The Morgan fingerprint density at radius 1 is 1.23 bits per heavy atom. The van der Waals surface area contributed by atoms with E-state index >= 15 is 0 Å². The van der Waals surface area contributed by atoms with Gasteiger partial charge in [0.2, 0.25) is 5.91 Å². The normalized spacial score (nSPS) is 20.8. The van der Waals surface area contributed by atoms with E-state index in [0.717, 1.165) is 42.5 Å². The topological polar surface area (TPSA) is 106 Å². The maximum absolute atomic E-state index is 12.5. The number of pyridine rings is 1. The van der Waals surface area contributed by atoms with Gasteiger partial charge in [0.15, 0.2) is 11.4 Å². The number of carbonyl (C=O) groups excluding carboxylic acids is 1. The molecule has 1 saturated carbocycles. The number of nitrogens with one attached hydrogen (secondary N) is 3. The smallest absolute Gasteiger partial charge is 0.234 e. The van der Waals surface area contributed by atoms with Crippen molar-refractivity contribution in [2.24, 2.45) is 0 Å². The molecule has 6 rings (SSSR count). The molecule has 1 aliphatic carbocycles. The summed E-state index contributed by atoms with van der Waals surface area (Å²) in [6.45, 7) is 8.26. The lowest BCUT2D eigenvalue weighted by Crippen LogP contribution is -2.60. The van der Waals surface area contributed by atoms with Crippen LogP contribution in [0, 0.1) is 0 Å². The second-order valence-electron chi connectivity index (χ2n) is 11.7. The number of hydrogen-bond donors (Lipinski definition) is 3. The Bertz CT molecular complexity index is 1490. The molecule has 0 atom stereocenters. The van der Waals surface area contributed by atoms with Crippen LogP contribution in [0.25, 0.3) is 27.8 Å². The molecule has 4 heterocycles. The van der Waals surface area contributed by atoms with Crippen molar-refractivity contribution in [3.05, 3.63) is 47.9 Å². The van der Waals surface area contributed by atoms with Gasteiger partial charge in [-0.05, 0) is 73.8 Å². The zero-order valence-electron chi connectivity index (χ0n) is 23.2. The van der Waals surface area contributed by atoms with Gasteiger partial charge in [-0.25, -0.2) is 9.50 Å². The number of aromatic amines is 1. The minimum absolute atomic E-state index is 0.0598. The zero-order valence-corrected chi connectivity index (χ0v) is 23.2. The summed E-state index contributed by atoms with van der Waals surface area (Å²) >= 11 is 0. The molecular weight excluding hydrogens is 492 g/mol. The monoisotopic (exact) mass is 530 g/mol. The number of carbonyl (C=O) groups is 1. The summed E-state index contributed by atoms with van der Waals surface area (Å²) in [5.41, 5.74) is 6.57. The van der Waals surface area contributed by atoms with Gasteiger partial charge in [0.25, 0.3) is 0 Å². The van der Waals surface area contributed by atoms with Crippen molar-refractivity contribution >= 4 is 22.5 Å². The number of H-pyrrole nitrogens is 1. The Morgan fingerprint density at radius 2 is 2.03 bits per heavy atom. The van der Waals surface area contributed by atoms with Gasteiger partial charge in [-0.3, -0.25) is 10.1 Å². The van der Waals surface area contributed by atoms with Crippen molar-refractivity contribution in [2.75, 3.05) is 26.9 Å². The number of ether oxygens (including phenoxy) is 2. The van der Waals surface area contributed by atoms with Crippen LogP contribution in [0.15, 0.2) is 36.8 Å². The number of benzene rings is 1. The standard InChI is InChI=1S/C30H38N6O3/c1-18(2)27-23-11-20(19-5-8-22(9-6-19)34-26(37)13-32-30(3)15-39-16-30)7-10-24(23)35-28(27)21-12-25(38-4)29-31-17-33-36(29)14-21/h7,10-12,14,17-19,22,32,35H,5-6,8-9,13,15-16H2,1-4H3,(H,34,37). The largest absolute Gasteiger partial charge is 0.493 e. The molecule has 9 heteroatoms. The average molecular weight is 531 g/mol. The quantitative estimate of drug-likeness (QED) is 0.309. The number of fused-ring (bicyclic) bond motifs is 2. The minimum atomic E-state index is -0.0598. The SMILES string of the molecule is COc1cc(-c2[nH]c3ccc(C4CCC(NC(=O)CNC5(C)COC5)CC4)cc3c2C(C)C)cn2ncnc12. The van der Waals surface area contributed by atoms with Crippen LogP contribution < -0.4 is 15.4 Å². The van der Waals surface area contributed by atoms with Crippen molar-refractivity contribution in [3.63, 3.8) is 0 Å². The molecular formula is C30H38N6O3. The van der Waals surface area contributed by atoms with E-state index in [0.29, 0.717) is 43.0 Å². The maximum atomic E-state index is 12.5. The van der Waals surface area contributed by atoms with Crippen LogP contribution in [-0.2, 0) is 9.53 Å². The fourth-order valence-electron chi connectivity index (χ4n) is 6.15. The van der Waals surface area contributed by atoms with Crippen molar-refractivity contribution < 1.29 is 14.3 Å². The second-order valence-corrected chi connectivity index (χ2v) is 11.7. The van der Waals surface area contributed by atoms with Crippen LogP contribution >= 0.6 is 0 Å². The summed E-state index contributed by atoms with van der Waals surface area (Å²) in [7, 11) is 1.66. The number of aromatic nitrogens is 4. The van der Waals surface area contributed by atoms with Crippen molar-refractivity contribution in [2.45, 2.75) is 69.9 Å². The first-order valence-corrected chi connectivity index (χ1v) is 14.0. The Morgan fingerprint density at radius 3 is 2.72 bits per heavy atom. The molecule has 0 spiro atoms. The molecule has 3 N–H and O–H groups in total. The summed E-state index contributed by atoms with van der Waals surface area (Å²) in [5, 5.41) is 12.2. The molecule has 9 nitrogen and oxygen atoms in total. The fourth-order valence-corrected chi connectivity index (χ4v) is 6.15. The first-order valence-electron chi connectivity index (χ1n) is 14.0. The predicted octanol–water partition coefficient (Wildman–Crippen LogP) is 4.53. The summed E-state index contributed by atoms with van der Waals surface area (Å²) in [6.07, 6.45) is 7.70. The van der Waals surface area contributed by atoms with E-state index in [-0.39, 0.29) is 17.5 Å². The number of amides is 1. The van der Waals surface area contributed by atoms with Crippen LogP contribution in [0.4, 0.5) is 0 Å². The van der Waals surface area contributed by atoms with Crippen LogP contribution in [0.3, 0.4) is 0 Å². The maximum Gasteiger partial charge on any atom is 0.234 e. The van der Waals surface area contributed by atoms with Gasteiger partial charge in [-0.2, -0.15) is 5.10 Å². The number of methoxy groups -OCH3 is 1. The lowest BCUT2D eigenvalue weighted by Gasteiger charge is -2.39. The Hall–Kier alpha value is -3.43. The third kappa shape index (κ3) is 5.01. The molecule has 2 aliphatic rings. The van der Waals surface area contributed by atoms with Crippen molar-refractivity contribution in [1.29, 1.82) is 0 Å². The average Bonchev–Trinajstić information content (AvgIpc) is 3.55. The number of rotatable bonds is 8. The van der Waals surface area contributed by atoms with Crippen molar-refractivity contribution in [3.8, 4) is 17.0 Å².